The molecular weight excluding hydrogens is 252 g/mol. The van der Waals surface area contributed by atoms with E-state index in [1.54, 1.807) is 0 Å². The first kappa shape index (κ1) is 14.6. The van der Waals surface area contributed by atoms with Crippen LogP contribution in [0.1, 0.15) is 12.5 Å². The van der Waals surface area contributed by atoms with Crippen molar-refractivity contribution >= 4 is 11.4 Å². The molecule has 1 aliphatic heterocycles. The number of benzene rings is 1. The van der Waals surface area contributed by atoms with E-state index in [9.17, 15) is 0 Å². The molecule has 1 aromatic carbocycles. The molecule has 0 spiro atoms. The summed E-state index contributed by atoms with van der Waals surface area (Å²) >= 11 is 0. The first-order valence-electron chi connectivity index (χ1n) is 7.06. The van der Waals surface area contributed by atoms with Gasteiger partial charge in [0.15, 0.2) is 0 Å². The van der Waals surface area contributed by atoms with Crippen LogP contribution in [0.25, 0.3) is 0 Å². The number of nitrogens with zero attached hydrogens (tertiary/aromatic N) is 2. The third-order valence-electron chi connectivity index (χ3n) is 3.62. The molecule has 2 rings (SSSR count). The number of likely N-dealkylation sites (N-methyl/N-ethyl adjacent to an activating group) is 1. The van der Waals surface area contributed by atoms with E-state index >= 15 is 0 Å². The maximum Gasteiger partial charge on any atom is 0.0874 e. The molecule has 0 saturated carbocycles. The number of morpholine rings is 1. The van der Waals surface area contributed by atoms with Gasteiger partial charge in [-0.2, -0.15) is 5.26 Å². The lowest BCUT2D eigenvalue weighted by molar-refractivity contribution is -0.0191. The highest BCUT2D eigenvalue weighted by Crippen LogP contribution is 2.18. The topological polar surface area (TPSA) is 74.3 Å². The van der Waals surface area contributed by atoms with Crippen LogP contribution in [0.3, 0.4) is 0 Å². The third kappa shape index (κ3) is 3.86. The van der Waals surface area contributed by atoms with E-state index in [0.29, 0.717) is 12.1 Å². The average Bonchev–Trinajstić information content (AvgIpc) is 2.48. The molecule has 0 aromatic heterocycles. The first-order valence-corrected chi connectivity index (χ1v) is 7.06. The summed E-state index contributed by atoms with van der Waals surface area (Å²) in [6.45, 7) is 6.77. The SMILES string of the molecule is CCN1CCOC(CNc2ccc(N)c(CC#N)c2)C1. The summed E-state index contributed by atoms with van der Waals surface area (Å²) in [6.07, 6.45) is 0.547. The van der Waals surface area contributed by atoms with Gasteiger partial charge in [0, 0.05) is 31.0 Å². The van der Waals surface area contributed by atoms with Crippen LogP contribution in [0.4, 0.5) is 11.4 Å². The Hall–Kier alpha value is -1.77. The zero-order valence-corrected chi connectivity index (χ0v) is 11.9. The van der Waals surface area contributed by atoms with Crippen LogP contribution >= 0.6 is 0 Å². The molecule has 1 heterocycles. The molecule has 0 radical (unpaired) electrons. The molecule has 108 valence electrons. The van der Waals surface area contributed by atoms with Crippen molar-refractivity contribution in [1.29, 1.82) is 5.26 Å². The van der Waals surface area contributed by atoms with Crippen LogP contribution in [0.2, 0.25) is 0 Å². The van der Waals surface area contributed by atoms with E-state index in [-0.39, 0.29) is 6.10 Å². The summed E-state index contributed by atoms with van der Waals surface area (Å²) in [5, 5.41) is 12.1. The maximum atomic E-state index is 8.77. The van der Waals surface area contributed by atoms with Gasteiger partial charge in [-0.1, -0.05) is 6.92 Å². The Morgan fingerprint density at radius 1 is 1.55 bits per heavy atom. The summed E-state index contributed by atoms with van der Waals surface area (Å²) in [5.74, 6) is 0. The lowest BCUT2D eigenvalue weighted by Gasteiger charge is -2.32. The van der Waals surface area contributed by atoms with Gasteiger partial charge in [-0.15, -0.1) is 0 Å². The third-order valence-corrected chi connectivity index (χ3v) is 3.62. The van der Waals surface area contributed by atoms with Crippen molar-refractivity contribution in [3.8, 4) is 6.07 Å². The fourth-order valence-corrected chi connectivity index (χ4v) is 2.38. The number of ether oxygens (including phenoxy) is 1. The van der Waals surface area contributed by atoms with Crippen LogP contribution in [-0.4, -0.2) is 43.8 Å². The van der Waals surface area contributed by atoms with Crippen molar-refractivity contribution in [2.24, 2.45) is 0 Å². The lowest BCUT2D eigenvalue weighted by atomic mass is 10.1. The predicted molar refractivity (Wildman–Crippen MR) is 80.5 cm³/mol. The lowest BCUT2D eigenvalue weighted by Crippen LogP contribution is -2.45. The molecule has 1 unspecified atom stereocenters. The first-order chi connectivity index (χ1) is 9.72. The minimum atomic E-state index is 0.209. The van der Waals surface area contributed by atoms with Crippen molar-refractivity contribution in [2.75, 3.05) is 43.8 Å². The number of nitrogen functional groups attached to an aromatic ring is 1. The largest absolute Gasteiger partial charge is 0.398 e. The van der Waals surface area contributed by atoms with Gasteiger partial charge in [0.05, 0.1) is 25.2 Å². The average molecular weight is 274 g/mol. The van der Waals surface area contributed by atoms with Crippen molar-refractivity contribution in [3.63, 3.8) is 0 Å². The number of hydrogen-bond acceptors (Lipinski definition) is 5. The van der Waals surface area contributed by atoms with Crippen LogP contribution in [0, 0.1) is 11.3 Å². The molecule has 1 saturated heterocycles. The summed E-state index contributed by atoms with van der Waals surface area (Å²) in [7, 11) is 0. The molecule has 1 aliphatic rings. The summed E-state index contributed by atoms with van der Waals surface area (Å²) in [6, 6.07) is 7.86. The van der Waals surface area contributed by atoms with Crippen molar-refractivity contribution in [1.82, 2.24) is 4.90 Å². The number of nitriles is 1. The molecule has 1 atom stereocenters. The monoisotopic (exact) mass is 274 g/mol. The van der Waals surface area contributed by atoms with E-state index in [2.05, 4.69) is 23.2 Å². The van der Waals surface area contributed by atoms with Gasteiger partial charge >= 0.3 is 0 Å². The Bertz CT molecular complexity index is 483. The summed E-state index contributed by atoms with van der Waals surface area (Å²) < 4.78 is 5.75. The fourth-order valence-electron chi connectivity index (χ4n) is 2.38. The summed E-state index contributed by atoms with van der Waals surface area (Å²) in [4.78, 5) is 2.39. The zero-order chi connectivity index (χ0) is 14.4. The van der Waals surface area contributed by atoms with Crippen LogP contribution < -0.4 is 11.1 Å². The molecular formula is C15H22N4O. The smallest absolute Gasteiger partial charge is 0.0874 e. The summed E-state index contributed by atoms with van der Waals surface area (Å²) in [5.41, 5.74) is 8.37. The zero-order valence-electron chi connectivity index (χ0n) is 11.9. The molecule has 20 heavy (non-hydrogen) atoms. The highest BCUT2D eigenvalue weighted by Gasteiger charge is 2.18. The van der Waals surface area contributed by atoms with Crippen molar-refractivity contribution in [2.45, 2.75) is 19.4 Å². The number of anilines is 2. The van der Waals surface area contributed by atoms with Gasteiger partial charge in [-0.3, -0.25) is 4.90 Å². The van der Waals surface area contributed by atoms with Crippen molar-refractivity contribution in [3.05, 3.63) is 23.8 Å². The highest BCUT2D eigenvalue weighted by atomic mass is 16.5. The van der Waals surface area contributed by atoms with E-state index in [1.807, 2.05) is 18.2 Å². The minimum Gasteiger partial charge on any atom is -0.398 e. The molecule has 1 fully saturated rings. The molecule has 5 heteroatoms. The van der Waals surface area contributed by atoms with Crippen LogP contribution in [0.5, 0.6) is 0 Å². The Kier molecular flexibility index (Phi) is 5.22. The second-order valence-electron chi connectivity index (χ2n) is 5.02. The van der Waals surface area contributed by atoms with Gasteiger partial charge in [0.25, 0.3) is 0 Å². The minimum absolute atomic E-state index is 0.209. The van der Waals surface area contributed by atoms with Gasteiger partial charge < -0.3 is 15.8 Å². The second-order valence-corrected chi connectivity index (χ2v) is 5.02. The predicted octanol–water partition coefficient (Wildman–Crippen LogP) is 1.47. The van der Waals surface area contributed by atoms with E-state index < -0.39 is 0 Å². The Morgan fingerprint density at radius 2 is 2.40 bits per heavy atom. The quantitative estimate of drug-likeness (QED) is 0.795. The molecule has 0 aliphatic carbocycles. The second kappa shape index (κ2) is 7.13. The normalized spacial score (nSPS) is 19.5. The number of hydrogen-bond donors (Lipinski definition) is 2. The van der Waals surface area contributed by atoms with E-state index in [0.717, 1.165) is 44.0 Å². The Labute approximate surface area is 120 Å². The molecule has 3 N–H and O–H groups in total. The molecule has 0 bridgehead atoms. The highest BCUT2D eigenvalue weighted by molar-refractivity contribution is 5.58. The molecule has 1 aromatic rings. The maximum absolute atomic E-state index is 8.77. The molecule has 0 amide bonds. The van der Waals surface area contributed by atoms with E-state index in [4.69, 9.17) is 15.7 Å². The van der Waals surface area contributed by atoms with Gasteiger partial charge in [-0.25, -0.2) is 0 Å². The molecule has 5 nitrogen and oxygen atoms in total. The number of rotatable bonds is 5. The van der Waals surface area contributed by atoms with Gasteiger partial charge in [0.2, 0.25) is 0 Å². The van der Waals surface area contributed by atoms with Gasteiger partial charge in [-0.05, 0) is 30.3 Å². The van der Waals surface area contributed by atoms with Crippen molar-refractivity contribution < 1.29 is 4.74 Å². The fraction of sp³-hybridized carbons (Fsp3) is 0.533. The number of nitrogens with two attached hydrogens (primary N) is 1. The van der Waals surface area contributed by atoms with Crippen LogP contribution in [-0.2, 0) is 11.2 Å². The van der Waals surface area contributed by atoms with Gasteiger partial charge in [0.1, 0.15) is 0 Å². The number of nitrogens with one attached hydrogen (secondary N) is 1. The van der Waals surface area contributed by atoms with E-state index in [1.165, 1.54) is 0 Å². The van der Waals surface area contributed by atoms with Crippen LogP contribution in [0.15, 0.2) is 18.2 Å². The Morgan fingerprint density at radius 3 is 3.15 bits per heavy atom. The Balaban J connectivity index is 1.90. The standard InChI is InChI=1S/C15H22N4O/c1-2-19-7-8-20-14(11-19)10-18-13-3-4-15(17)12(9-13)5-6-16/h3-4,9,14,18H,2,5,7-8,10-11,17H2,1H3.